The van der Waals surface area contributed by atoms with E-state index in [0.717, 1.165) is 0 Å². The molecule has 2 amide bonds. The van der Waals surface area contributed by atoms with Crippen molar-refractivity contribution in [1.29, 1.82) is 0 Å². The van der Waals surface area contributed by atoms with Crippen LogP contribution in [0.25, 0.3) is 5.65 Å². The van der Waals surface area contributed by atoms with Crippen molar-refractivity contribution in [3.05, 3.63) is 53.5 Å². The molecule has 10 nitrogen and oxygen atoms in total. The summed E-state index contributed by atoms with van der Waals surface area (Å²) >= 11 is 0. The van der Waals surface area contributed by atoms with Crippen molar-refractivity contribution < 1.29 is 23.8 Å². The molecule has 1 atom stereocenters. The van der Waals surface area contributed by atoms with E-state index in [-0.39, 0.29) is 37.5 Å². The van der Waals surface area contributed by atoms with Crippen molar-refractivity contribution in [2.45, 2.75) is 38.3 Å². The number of fused-ring (bicyclic) bond motifs is 2. The van der Waals surface area contributed by atoms with Crippen LogP contribution in [0.2, 0.25) is 0 Å². The van der Waals surface area contributed by atoms with Gasteiger partial charge in [0.15, 0.2) is 5.65 Å². The molecule has 12 heteroatoms. The van der Waals surface area contributed by atoms with Gasteiger partial charge in [0.25, 0.3) is 11.8 Å². The second kappa shape index (κ2) is 9.40. The zero-order valence-corrected chi connectivity index (χ0v) is 20.0. The van der Waals surface area contributed by atoms with Gasteiger partial charge in [-0.2, -0.15) is 5.10 Å². The van der Waals surface area contributed by atoms with Crippen LogP contribution in [0.4, 0.5) is 10.1 Å². The normalized spacial score (nSPS) is 16.5. The van der Waals surface area contributed by atoms with E-state index in [1.807, 2.05) is 0 Å². The minimum Gasteiger partial charge on any atom is -0.486 e. The van der Waals surface area contributed by atoms with Crippen molar-refractivity contribution in [3.63, 3.8) is 0 Å². The number of halogens is 2. The number of carbonyl (C=O) groups excluding carboxylic acids is 2. The number of amides is 2. The number of benzene rings is 1. The molecule has 35 heavy (non-hydrogen) atoms. The summed E-state index contributed by atoms with van der Waals surface area (Å²) in [5.74, 6) is -0.405. The molecule has 3 N–H and O–H groups in total. The quantitative estimate of drug-likeness (QED) is 0.448. The van der Waals surface area contributed by atoms with Gasteiger partial charge in [0, 0.05) is 37.6 Å². The van der Waals surface area contributed by atoms with Gasteiger partial charge in [0.05, 0.1) is 24.0 Å². The second-order valence-corrected chi connectivity index (χ2v) is 9.11. The van der Waals surface area contributed by atoms with Gasteiger partial charge in [0.2, 0.25) is 0 Å². The molecule has 0 spiro atoms. The molecule has 2 aromatic heterocycles. The van der Waals surface area contributed by atoms with Gasteiger partial charge in [-0.25, -0.2) is 13.9 Å². The number of rotatable bonds is 7. The summed E-state index contributed by atoms with van der Waals surface area (Å²) in [4.78, 5) is 31.6. The maximum absolute atomic E-state index is 14.5. The summed E-state index contributed by atoms with van der Waals surface area (Å²) in [6, 6.07) is 4.99. The largest absolute Gasteiger partial charge is 0.486 e. The second-order valence-electron chi connectivity index (χ2n) is 9.11. The highest BCUT2D eigenvalue weighted by Crippen LogP contribution is 2.35. The number of aliphatic hydroxyl groups is 1. The van der Waals surface area contributed by atoms with Crippen molar-refractivity contribution >= 4 is 35.6 Å². The van der Waals surface area contributed by atoms with E-state index < -0.39 is 17.7 Å². The standard InChI is InChI=1S/C23H25FN6O4.ClH/c1-23(2,33)19(24)12-29-11-13-6-17(18(7-15(13)22(29)32)34-14-8-25-9-14)28-21(31)16-10-27-30-5-3-4-26-20(16)30;/h3-7,10,14,19,25,33H,8-9,11-12H2,1-2H3,(H,28,31);1H. The molecule has 1 fully saturated rings. The van der Waals surface area contributed by atoms with Crippen LogP contribution in [-0.4, -0.2) is 73.9 Å². The van der Waals surface area contributed by atoms with E-state index in [9.17, 15) is 19.1 Å². The first-order chi connectivity index (χ1) is 16.2. The molecule has 1 aromatic carbocycles. The maximum atomic E-state index is 14.5. The van der Waals surface area contributed by atoms with E-state index in [4.69, 9.17) is 4.74 Å². The van der Waals surface area contributed by atoms with Gasteiger partial charge in [0.1, 0.15) is 23.6 Å². The fourth-order valence-corrected chi connectivity index (χ4v) is 3.86. The lowest BCUT2D eigenvalue weighted by Crippen LogP contribution is -2.50. The van der Waals surface area contributed by atoms with Gasteiger partial charge in [-0.05, 0) is 37.6 Å². The van der Waals surface area contributed by atoms with Gasteiger partial charge in [-0.3, -0.25) is 9.59 Å². The lowest BCUT2D eigenvalue weighted by molar-refractivity contribution is -0.0159. The predicted octanol–water partition coefficient (Wildman–Crippen LogP) is 1.82. The van der Waals surface area contributed by atoms with Crippen LogP contribution >= 0.6 is 12.4 Å². The predicted molar refractivity (Wildman–Crippen MR) is 128 cm³/mol. The summed E-state index contributed by atoms with van der Waals surface area (Å²) in [6.07, 6.45) is 3.01. The highest BCUT2D eigenvalue weighted by atomic mass is 35.5. The Kier molecular flexibility index (Phi) is 6.67. The number of nitrogens with one attached hydrogen (secondary N) is 2. The third-order valence-corrected chi connectivity index (χ3v) is 6.04. The van der Waals surface area contributed by atoms with E-state index in [0.29, 0.717) is 46.9 Å². The molecule has 0 radical (unpaired) electrons. The third-order valence-electron chi connectivity index (χ3n) is 6.04. The highest BCUT2D eigenvalue weighted by Gasteiger charge is 2.36. The van der Waals surface area contributed by atoms with Crippen LogP contribution in [0.3, 0.4) is 0 Å². The van der Waals surface area contributed by atoms with Gasteiger partial charge in [-0.15, -0.1) is 12.4 Å². The summed E-state index contributed by atoms with van der Waals surface area (Å²) < 4.78 is 22.0. The molecule has 0 aliphatic carbocycles. The number of hydrogen-bond acceptors (Lipinski definition) is 7. The molecular weight excluding hydrogens is 479 g/mol. The highest BCUT2D eigenvalue weighted by molar-refractivity contribution is 6.09. The Bertz CT molecular complexity index is 1270. The van der Waals surface area contributed by atoms with Crippen molar-refractivity contribution in [2.24, 2.45) is 0 Å². The maximum Gasteiger partial charge on any atom is 0.261 e. The fourth-order valence-electron chi connectivity index (χ4n) is 3.86. The summed E-state index contributed by atoms with van der Waals surface area (Å²) in [6.45, 7) is 3.96. The van der Waals surface area contributed by atoms with Crippen LogP contribution < -0.4 is 15.4 Å². The number of anilines is 1. The molecule has 2 aliphatic heterocycles. The molecule has 0 bridgehead atoms. The Hall–Kier alpha value is -3.28. The van der Waals surface area contributed by atoms with E-state index in [1.54, 1.807) is 30.6 Å². The Balaban J connectivity index is 0.00000289. The third kappa shape index (κ3) is 4.79. The van der Waals surface area contributed by atoms with Crippen LogP contribution in [0.1, 0.15) is 40.1 Å². The Morgan fingerprint density at radius 3 is 2.86 bits per heavy atom. The van der Waals surface area contributed by atoms with Crippen LogP contribution in [0.15, 0.2) is 36.8 Å². The van der Waals surface area contributed by atoms with Crippen LogP contribution in [0.5, 0.6) is 5.75 Å². The summed E-state index contributed by atoms with van der Waals surface area (Å²) in [7, 11) is 0. The molecule has 0 saturated carbocycles. The van der Waals surface area contributed by atoms with Crippen LogP contribution in [-0.2, 0) is 6.54 Å². The summed E-state index contributed by atoms with van der Waals surface area (Å²) in [5.41, 5.74) is 0.567. The SMILES string of the molecule is CC(C)(O)C(F)CN1Cc2cc(NC(=O)c3cnn4cccnc34)c(OC3CNC3)cc2C1=O.Cl. The first-order valence-electron chi connectivity index (χ1n) is 11.0. The van der Waals surface area contributed by atoms with E-state index in [1.165, 1.54) is 29.5 Å². The average Bonchev–Trinajstić information content (AvgIpc) is 3.31. The number of ether oxygens (including phenoxy) is 1. The minimum absolute atomic E-state index is 0. The lowest BCUT2D eigenvalue weighted by Gasteiger charge is -2.29. The zero-order valence-electron chi connectivity index (χ0n) is 19.2. The molecule has 5 rings (SSSR count). The summed E-state index contributed by atoms with van der Waals surface area (Å²) in [5, 5.41) is 20.1. The molecular formula is C23H26ClFN6O4. The number of aromatic nitrogens is 3. The van der Waals surface area contributed by atoms with E-state index in [2.05, 4.69) is 20.7 Å². The average molecular weight is 505 g/mol. The fraction of sp³-hybridized carbons (Fsp3) is 0.391. The molecule has 186 valence electrons. The smallest absolute Gasteiger partial charge is 0.261 e. The minimum atomic E-state index is -1.61. The first kappa shape index (κ1) is 24.8. The lowest BCUT2D eigenvalue weighted by atomic mass is 10.0. The zero-order chi connectivity index (χ0) is 24.0. The van der Waals surface area contributed by atoms with Crippen molar-refractivity contribution in [2.75, 3.05) is 25.0 Å². The van der Waals surface area contributed by atoms with E-state index >= 15 is 0 Å². The van der Waals surface area contributed by atoms with Crippen molar-refractivity contribution in [1.82, 2.24) is 24.8 Å². The number of hydrogen-bond donors (Lipinski definition) is 3. The first-order valence-corrected chi connectivity index (χ1v) is 11.0. The molecule has 1 saturated heterocycles. The Morgan fingerprint density at radius 2 is 2.17 bits per heavy atom. The number of nitrogens with zero attached hydrogens (tertiary/aromatic N) is 4. The molecule has 2 aliphatic rings. The number of alkyl halides is 1. The van der Waals surface area contributed by atoms with Crippen molar-refractivity contribution in [3.8, 4) is 5.75 Å². The number of carbonyl (C=O) groups is 2. The molecule has 1 unspecified atom stereocenters. The Morgan fingerprint density at radius 1 is 1.40 bits per heavy atom. The van der Waals surface area contributed by atoms with Gasteiger partial charge < -0.3 is 25.4 Å². The topological polar surface area (TPSA) is 121 Å². The van der Waals surface area contributed by atoms with Gasteiger partial charge >= 0.3 is 0 Å². The van der Waals surface area contributed by atoms with Gasteiger partial charge in [-0.1, -0.05) is 0 Å². The van der Waals surface area contributed by atoms with Crippen LogP contribution in [0, 0.1) is 0 Å². The Labute approximate surface area is 206 Å². The molecule has 3 aromatic rings. The molecule has 4 heterocycles. The monoisotopic (exact) mass is 504 g/mol.